The van der Waals surface area contributed by atoms with Crippen LogP contribution in [-0.4, -0.2) is 42.4 Å². The number of ether oxygens (including phenoxy) is 1. The monoisotopic (exact) mass is 266 g/mol. The van der Waals surface area contributed by atoms with Crippen molar-refractivity contribution in [2.45, 2.75) is 38.8 Å². The highest BCUT2D eigenvalue weighted by molar-refractivity contribution is 5.34. The molecule has 0 aliphatic carbocycles. The summed E-state index contributed by atoms with van der Waals surface area (Å²) in [6.07, 6.45) is 6.33. The first-order chi connectivity index (χ1) is 9.17. The number of methoxy groups -OCH3 is 1. The summed E-state index contributed by atoms with van der Waals surface area (Å²) in [5.41, 5.74) is 5.84. The highest BCUT2D eigenvalue weighted by Gasteiger charge is 2.28. The van der Waals surface area contributed by atoms with E-state index in [2.05, 4.69) is 28.3 Å². The Morgan fingerprint density at radius 3 is 3.00 bits per heavy atom. The number of piperidine rings is 1. The van der Waals surface area contributed by atoms with Gasteiger partial charge in [-0.1, -0.05) is 0 Å². The van der Waals surface area contributed by atoms with Gasteiger partial charge in [-0.05, 0) is 39.2 Å². The van der Waals surface area contributed by atoms with Gasteiger partial charge in [-0.25, -0.2) is 4.98 Å². The molecule has 1 aliphatic heterocycles. The number of nitrogens with two attached hydrogens (primary N) is 1. The van der Waals surface area contributed by atoms with Crippen molar-refractivity contribution in [3.63, 3.8) is 0 Å². The van der Waals surface area contributed by atoms with Crippen LogP contribution in [0.1, 0.15) is 32.7 Å². The molecule has 108 valence electrons. The summed E-state index contributed by atoms with van der Waals surface area (Å²) in [4.78, 5) is 6.95. The van der Waals surface area contributed by atoms with E-state index < -0.39 is 0 Å². The average molecular weight is 266 g/mol. The normalized spacial score (nSPS) is 25.6. The maximum atomic E-state index is 5.84. The zero-order chi connectivity index (χ0) is 13.8. The van der Waals surface area contributed by atoms with E-state index in [4.69, 9.17) is 10.5 Å². The van der Waals surface area contributed by atoms with Crippen molar-refractivity contribution < 1.29 is 4.74 Å². The van der Waals surface area contributed by atoms with Crippen molar-refractivity contribution in [2.24, 2.45) is 11.7 Å². The number of nitrogens with zero attached hydrogens (tertiary/aromatic N) is 3. The largest absolute Gasteiger partial charge is 0.383 e. The van der Waals surface area contributed by atoms with Gasteiger partial charge in [-0.3, -0.25) is 0 Å². The van der Waals surface area contributed by atoms with E-state index in [1.165, 1.54) is 12.8 Å². The lowest BCUT2D eigenvalue weighted by atomic mass is 9.94. The van der Waals surface area contributed by atoms with Crippen molar-refractivity contribution in [1.82, 2.24) is 9.55 Å². The van der Waals surface area contributed by atoms with E-state index >= 15 is 0 Å². The molecule has 2 N–H and O–H groups in total. The minimum absolute atomic E-state index is 0.299. The molecule has 0 spiro atoms. The first-order valence-corrected chi connectivity index (χ1v) is 7.15. The molecule has 2 heterocycles. The molecule has 1 aliphatic rings. The maximum Gasteiger partial charge on any atom is 0.206 e. The third kappa shape index (κ3) is 3.09. The van der Waals surface area contributed by atoms with E-state index in [9.17, 15) is 0 Å². The van der Waals surface area contributed by atoms with Crippen molar-refractivity contribution in [3.8, 4) is 0 Å². The zero-order valence-corrected chi connectivity index (χ0v) is 12.2. The minimum Gasteiger partial charge on any atom is -0.383 e. The van der Waals surface area contributed by atoms with Gasteiger partial charge in [0.2, 0.25) is 5.95 Å². The van der Waals surface area contributed by atoms with Crippen LogP contribution in [-0.2, 0) is 4.74 Å². The number of imidazole rings is 1. The van der Waals surface area contributed by atoms with E-state index in [1.54, 1.807) is 7.11 Å². The molecular formula is C14H26N4O. The molecule has 0 amide bonds. The van der Waals surface area contributed by atoms with Crippen molar-refractivity contribution >= 4 is 5.95 Å². The molecule has 3 atom stereocenters. The second-order valence-corrected chi connectivity index (χ2v) is 5.62. The van der Waals surface area contributed by atoms with Gasteiger partial charge in [-0.15, -0.1) is 0 Å². The molecule has 5 heteroatoms. The minimum atomic E-state index is 0.299. The molecule has 1 aromatic rings. The summed E-state index contributed by atoms with van der Waals surface area (Å²) < 4.78 is 7.46. The lowest BCUT2D eigenvalue weighted by Crippen LogP contribution is -2.45. The van der Waals surface area contributed by atoms with Gasteiger partial charge in [0.05, 0.1) is 12.6 Å². The lowest BCUT2D eigenvalue weighted by molar-refractivity contribution is 0.162. The predicted molar refractivity (Wildman–Crippen MR) is 77.4 cm³/mol. The van der Waals surface area contributed by atoms with Crippen molar-refractivity contribution in [1.29, 1.82) is 0 Å². The Kier molecular flexibility index (Phi) is 4.82. The van der Waals surface area contributed by atoms with Gasteiger partial charge in [0.25, 0.3) is 0 Å². The highest BCUT2D eigenvalue weighted by atomic mass is 16.5. The fourth-order valence-corrected chi connectivity index (χ4v) is 2.85. The SMILES string of the molecule is COCC(C)n1ccnc1N1CC(CN)CCC1C. The Morgan fingerprint density at radius 2 is 2.32 bits per heavy atom. The quantitative estimate of drug-likeness (QED) is 0.880. The molecule has 2 rings (SSSR count). The highest BCUT2D eigenvalue weighted by Crippen LogP contribution is 2.27. The van der Waals surface area contributed by atoms with Crippen LogP contribution in [0.5, 0.6) is 0 Å². The number of hydrogen-bond donors (Lipinski definition) is 1. The molecule has 0 bridgehead atoms. The summed E-state index contributed by atoms with van der Waals surface area (Å²) >= 11 is 0. The van der Waals surface area contributed by atoms with Crippen LogP contribution in [0.4, 0.5) is 5.95 Å². The Morgan fingerprint density at radius 1 is 1.53 bits per heavy atom. The molecule has 1 saturated heterocycles. The molecule has 5 nitrogen and oxygen atoms in total. The van der Waals surface area contributed by atoms with E-state index in [0.29, 0.717) is 24.6 Å². The van der Waals surface area contributed by atoms with Crippen LogP contribution in [0.25, 0.3) is 0 Å². The van der Waals surface area contributed by atoms with Crippen LogP contribution in [0.15, 0.2) is 12.4 Å². The number of hydrogen-bond acceptors (Lipinski definition) is 4. The fourth-order valence-electron chi connectivity index (χ4n) is 2.85. The molecule has 1 fully saturated rings. The smallest absolute Gasteiger partial charge is 0.206 e. The van der Waals surface area contributed by atoms with E-state index in [0.717, 1.165) is 19.0 Å². The molecule has 1 aromatic heterocycles. The third-order valence-electron chi connectivity index (χ3n) is 4.10. The van der Waals surface area contributed by atoms with Gasteiger partial charge >= 0.3 is 0 Å². The first kappa shape index (κ1) is 14.3. The van der Waals surface area contributed by atoms with Gasteiger partial charge in [-0.2, -0.15) is 0 Å². The van der Waals surface area contributed by atoms with Crippen LogP contribution >= 0.6 is 0 Å². The number of aromatic nitrogens is 2. The van der Waals surface area contributed by atoms with E-state index in [1.807, 2.05) is 12.4 Å². The standard InChI is InChI=1S/C14H26N4O/c1-11-4-5-13(8-15)9-18(11)14-16-6-7-17(14)12(2)10-19-3/h6-7,11-13H,4-5,8-10,15H2,1-3H3. The number of rotatable bonds is 5. The summed E-state index contributed by atoms with van der Waals surface area (Å²) in [5, 5.41) is 0. The van der Waals surface area contributed by atoms with Crippen molar-refractivity contribution in [2.75, 3.05) is 31.7 Å². The Hall–Kier alpha value is -1.07. The van der Waals surface area contributed by atoms with Gasteiger partial charge in [0, 0.05) is 32.1 Å². The first-order valence-electron chi connectivity index (χ1n) is 7.15. The van der Waals surface area contributed by atoms with Gasteiger partial charge in [0.15, 0.2) is 0 Å². The summed E-state index contributed by atoms with van der Waals surface area (Å²) in [6, 6.07) is 0.826. The lowest BCUT2D eigenvalue weighted by Gasteiger charge is -2.39. The Labute approximate surface area is 115 Å². The second-order valence-electron chi connectivity index (χ2n) is 5.62. The van der Waals surface area contributed by atoms with Crippen LogP contribution < -0.4 is 10.6 Å². The molecule has 3 unspecified atom stereocenters. The van der Waals surface area contributed by atoms with Crippen LogP contribution in [0.2, 0.25) is 0 Å². The van der Waals surface area contributed by atoms with Gasteiger partial charge < -0.3 is 19.9 Å². The molecule has 19 heavy (non-hydrogen) atoms. The zero-order valence-electron chi connectivity index (χ0n) is 12.2. The summed E-state index contributed by atoms with van der Waals surface area (Å²) in [7, 11) is 1.74. The van der Waals surface area contributed by atoms with E-state index in [-0.39, 0.29) is 0 Å². The summed E-state index contributed by atoms with van der Waals surface area (Å²) in [5.74, 6) is 1.63. The summed E-state index contributed by atoms with van der Waals surface area (Å²) in [6.45, 7) is 6.90. The maximum absolute atomic E-state index is 5.84. The molecule has 0 aromatic carbocycles. The second kappa shape index (κ2) is 6.39. The Balaban J connectivity index is 2.18. The fraction of sp³-hybridized carbons (Fsp3) is 0.786. The van der Waals surface area contributed by atoms with Crippen molar-refractivity contribution in [3.05, 3.63) is 12.4 Å². The average Bonchev–Trinajstić information content (AvgIpc) is 2.89. The topological polar surface area (TPSA) is 56.3 Å². The predicted octanol–water partition coefficient (Wildman–Crippen LogP) is 1.65. The van der Waals surface area contributed by atoms with Crippen LogP contribution in [0, 0.1) is 5.92 Å². The molecule has 0 saturated carbocycles. The van der Waals surface area contributed by atoms with Gasteiger partial charge in [0.1, 0.15) is 0 Å². The molecule has 0 radical (unpaired) electrons. The van der Waals surface area contributed by atoms with Crippen LogP contribution in [0.3, 0.4) is 0 Å². The third-order valence-corrected chi connectivity index (χ3v) is 4.10. The molecular weight excluding hydrogens is 240 g/mol. The number of anilines is 1. The Bertz CT molecular complexity index is 393.